The number of hydrogen-bond donors (Lipinski definition) is 2. The molecule has 4 heterocycles. The van der Waals surface area contributed by atoms with Crippen molar-refractivity contribution in [1.29, 1.82) is 0 Å². The van der Waals surface area contributed by atoms with Crippen molar-refractivity contribution in [1.82, 2.24) is 19.8 Å². The second kappa shape index (κ2) is 12.7. The van der Waals surface area contributed by atoms with Crippen LogP contribution in [0.2, 0.25) is 19.1 Å². The van der Waals surface area contributed by atoms with Gasteiger partial charge in [0.25, 0.3) is 11.9 Å². The third kappa shape index (κ3) is 6.71. The van der Waals surface area contributed by atoms with E-state index in [0.717, 1.165) is 56.9 Å². The van der Waals surface area contributed by atoms with E-state index in [1.54, 1.807) is 12.1 Å². The van der Waals surface area contributed by atoms with Gasteiger partial charge in [-0.25, -0.2) is 0 Å². The number of methoxy groups -OCH3 is 2. The lowest BCUT2D eigenvalue weighted by Gasteiger charge is -2.32. The average Bonchev–Trinajstić information content (AvgIpc) is 3.56. The van der Waals surface area contributed by atoms with Crippen LogP contribution in [0.1, 0.15) is 28.1 Å². The van der Waals surface area contributed by atoms with Crippen LogP contribution in [0.5, 0.6) is 23.5 Å². The van der Waals surface area contributed by atoms with E-state index >= 15 is 0 Å². The molecule has 0 aliphatic carbocycles. The maximum absolute atomic E-state index is 13.1. The molecule has 12 heteroatoms. The lowest BCUT2D eigenvalue weighted by Crippen LogP contribution is -2.44. The van der Waals surface area contributed by atoms with Crippen LogP contribution in [0, 0.1) is 6.92 Å². The zero-order valence-corrected chi connectivity index (χ0v) is 26.5. The predicted octanol–water partition coefficient (Wildman–Crippen LogP) is 3.96. The Labute approximate surface area is 248 Å². The Balaban J connectivity index is 1.21. The summed E-state index contributed by atoms with van der Waals surface area (Å²) in [5.74, 6) is 1.28. The largest absolute Gasteiger partial charge is 0.479 e. The first-order valence-corrected chi connectivity index (χ1v) is 17.8. The van der Waals surface area contributed by atoms with Crippen molar-refractivity contribution in [3.63, 3.8) is 0 Å². The van der Waals surface area contributed by atoms with Crippen LogP contribution in [-0.4, -0.2) is 94.3 Å². The van der Waals surface area contributed by atoms with E-state index in [4.69, 9.17) is 18.6 Å². The van der Waals surface area contributed by atoms with Crippen molar-refractivity contribution in [2.45, 2.75) is 38.9 Å². The van der Waals surface area contributed by atoms with E-state index in [9.17, 15) is 4.79 Å². The number of carbonyl (C=O) groups excluding carboxylic acids is 1. The van der Waals surface area contributed by atoms with E-state index in [1.165, 1.54) is 31.0 Å². The fourth-order valence-electron chi connectivity index (χ4n) is 5.52. The van der Waals surface area contributed by atoms with Crippen LogP contribution < -0.4 is 30.0 Å². The molecule has 1 aromatic carbocycles. The molecule has 2 aromatic heterocycles. The minimum atomic E-state index is -1.36. The van der Waals surface area contributed by atoms with Crippen LogP contribution in [-0.2, 0) is 6.42 Å². The Bertz CT molecular complexity index is 1390. The number of likely N-dealkylation sites (N-methyl/N-ethyl adjacent to an activating group) is 1. The number of aromatic nitrogens is 2. The molecular weight excluding hydrogens is 552 g/mol. The summed E-state index contributed by atoms with van der Waals surface area (Å²) in [7, 11) is 3.76. The molecule has 2 aliphatic rings. The highest BCUT2D eigenvalue weighted by Crippen LogP contribution is 2.35. The predicted molar refractivity (Wildman–Crippen MR) is 166 cm³/mol. The zero-order chi connectivity index (χ0) is 29.9. The van der Waals surface area contributed by atoms with Crippen molar-refractivity contribution >= 4 is 30.8 Å². The quantitative estimate of drug-likeness (QED) is 0.250. The second-order valence-corrected chi connectivity index (χ2v) is 16.5. The molecule has 2 N–H and O–H groups in total. The zero-order valence-electron chi connectivity index (χ0n) is 25.5. The third-order valence-corrected chi connectivity index (χ3v) is 11.6. The average molecular weight is 595 g/mol. The molecular formula is C30H42N6O5Si. The number of anilines is 2. The van der Waals surface area contributed by atoms with Gasteiger partial charge in [-0.05, 0) is 62.7 Å². The molecule has 1 fully saturated rings. The van der Waals surface area contributed by atoms with Gasteiger partial charge in [-0.2, -0.15) is 9.97 Å². The SMILES string of the molecule is COc1nc(NCCCN2CCN(C)CC2)nc(OC)c1NC(=O)c1ccc(Oc2cc3c(cc2C)[Si](C)(C)CC3)o1. The van der Waals surface area contributed by atoms with Gasteiger partial charge in [0, 0.05) is 38.8 Å². The molecule has 1 saturated heterocycles. The Morgan fingerprint density at radius 1 is 1.07 bits per heavy atom. The molecule has 3 aromatic rings. The standard InChI is InChI=1S/C30H42N6O5Si/c1-20-18-24-21(10-17-42(24,5)6)19-23(20)41-25-9-8-22(40-25)27(37)32-26-28(38-3)33-30(34-29(26)39-4)31-11-7-12-36-15-13-35(2)14-16-36/h8-9,18-19H,7,10-17H2,1-6H3,(H,32,37)(H,31,33,34). The topological polar surface area (TPSA) is 114 Å². The van der Waals surface area contributed by atoms with E-state index in [0.29, 0.717) is 12.5 Å². The van der Waals surface area contributed by atoms with E-state index in [2.05, 4.69) is 62.7 Å². The van der Waals surface area contributed by atoms with Crippen molar-refractivity contribution in [3.05, 3.63) is 41.2 Å². The van der Waals surface area contributed by atoms with Crippen molar-refractivity contribution in [2.24, 2.45) is 0 Å². The molecule has 0 saturated carbocycles. The number of carbonyl (C=O) groups is 1. The van der Waals surface area contributed by atoms with Gasteiger partial charge in [0.2, 0.25) is 17.7 Å². The summed E-state index contributed by atoms with van der Waals surface area (Å²) in [6.07, 6.45) is 2.03. The maximum Gasteiger partial charge on any atom is 0.291 e. The van der Waals surface area contributed by atoms with Gasteiger partial charge in [0.1, 0.15) is 5.75 Å². The lowest BCUT2D eigenvalue weighted by atomic mass is 10.1. The fourth-order valence-corrected chi connectivity index (χ4v) is 8.35. The first kappa shape index (κ1) is 29.9. The lowest BCUT2D eigenvalue weighted by molar-refractivity contribution is 0.0990. The monoisotopic (exact) mass is 594 g/mol. The van der Waals surface area contributed by atoms with Crippen LogP contribution in [0.15, 0.2) is 28.7 Å². The van der Waals surface area contributed by atoms with Crippen molar-refractivity contribution in [3.8, 4) is 23.5 Å². The number of nitrogens with one attached hydrogen (secondary N) is 2. The van der Waals surface area contributed by atoms with Gasteiger partial charge in [-0.1, -0.05) is 24.3 Å². The molecule has 42 heavy (non-hydrogen) atoms. The van der Waals surface area contributed by atoms with Crippen LogP contribution in [0.25, 0.3) is 0 Å². The van der Waals surface area contributed by atoms with Gasteiger partial charge in [-0.3, -0.25) is 4.79 Å². The molecule has 0 bridgehead atoms. The van der Waals surface area contributed by atoms with Crippen molar-refractivity contribution in [2.75, 3.05) is 71.2 Å². The molecule has 1 amide bonds. The normalized spacial score (nSPS) is 16.6. The first-order valence-electron chi connectivity index (χ1n) is 14.5. The minimum absolute atomic E-state index is 0.0765. The summed E-state index contributed by atoms with van der Waals surface area (Å²) in [5, 5.41) is 7.52. The molecule has 5 rings (SSSR count). The first-order chi connectivity index (χ1) is 20.2. The molecule has 11 nitrogen and oxygen atoms in total. The van der Waals surface area contributed by atoms with Gasteiger partial charge < -0.3 is 39.1 Å². The number of aryl methyl sites for hydroxylation is 2. The number of rotatable bonds is 11. The summed E-state index contributed by atoms with van der Waals surface area (Å²) in [6, 6.07) is 8.83. The number of hydrogen-bond acceptors (Lipinski definition) is 10. The molecule has 0 spiro atoms. The fraction of sp³-hybridized carbons (Fsp3) is 0.500. The highest BCUT2D eigenvalue weighted by molar-refractivity contribution is 6.91. The number of ether oxygens (including phenoxy) is 3. The number of amides is 1. The highest BCUT2D eigenvalue weighted by Gasteiger charge is 2.32. The number of fused-ring (bicyclic) bond motifs is 1. The van der Waals surface area contributed by atoms with E-state index < -0.39 is 14.0 Å². The third-order valence-electron chi connectivity index (χ3n) is 8.16. The molecule has 2 aliphatic heterocycles. The van der Waals surface area contributed by atoms with Gasteiger partial charge in [-0.15, -0.1) is 0 Å². The number of piperazine rings is 1. The van der Waals surface area contributed by atoms with E-state index in [1.807, 2.05) is 6.92 Å². The molecule has 0 unspecified atom stereocenters. The molecule has 0 atom stereocenters. The number of benzene rings is 1. The summed E-state index contributed by atoms with van der Waals surface area (Å²) in [4.78, 5) is 26.8. The summed E-state index contributed by atoms with van der Waals surface area (Å²) >= 11 is 0. The summed E-state index contributed by atoms with van der Waals surface area (Å²) < 4.78 is 22.8. The Hall–Kier alpha value is -3.61. The highest BCUT2D eigenvalue weighted by atomic mass is 28.3. The van der Waals surface area contributed by atoms with Gasteiger partial charge >= 0.3 is 0 Å². The van der Waals surface area contributed by atoms with E-state index in [-0.39, 0.29) is 29.2 Å². The van der Waals surface area contributed by atoms with Crippen LogP contribution >= 0.6 is 0 Å². The summed E-state index contributed by atoms with van der Waals surface area (Å²) in [5.41, 5.74) is 2.62. The Morgan fingerprint density at radius 3 is 2.48 bits per heavy atom. The molecule has 0 radical (unpaired) electrons. The van der Waals surface area contributed by atoms with Crippen LogP contribution in [0.4, 0.5) is 11.6 Å². The molecule has 226 valence electrons. The van der Waals surface area contributed by atoms with Crippen molar-refractivity contribution < 1.29 is 23.4 Å². The minimum Gasteiger partial charge on any atom is -0.479 e. The Morgan fingerprint density at radius 2 is 1.79 bits per heavy atom. The number of nitrogens with zero attached hydrogens (tertiary/aromatic N) is 4. The summed E-state index contributed by atoms with van der Waals surface area (Å²) in [6.45, 7) is 12.9. The Kier molecular flexibility index (Phi) is 9.04. The van der Waals surface area contributed by atoms with Crippen LogP contribution in [0.3, 0.4) is 0 Å². The second-order valence-electron chi connectivity index (χ2n) is 11.7. The maximum atomic E-state index is 13.1. The smallest absolute Gasteiger partial charge is 0.291 e. The number of furan rings is 1. The van der Waals surface area contributed by atoms with Gasteiger partial charge in [0.15, 0.2) is 11.4 Å². The van der Waals surface area contributed by atoms with Gasteiger partial charge in [0.05, 0.1) is 22.3 Å².